The molecule has 0 radical (unpaired) electrons. The zero-order valence-corrected chi connectivity index (χ0v) is 12.3. The van der Waals surface area contributed by atoms with Crippen LogP contribution in [0.25, 0.3) is 0 Å². The van der Waals surface area contributed by atoms with Gasteiger partial charge >= 0.3 is 5.69 Å². The number of nitrogens with two attached hydrogens (primary N) is 1. The second-order valence-electron chi connectivity index (χ2n) is 4.41. The van der Waals surface area contributed by atoms with Crippen LogP contribution in [0.3, 0.4) is 0 Å². The molecule has 1 heterocycles. The molecule has 0 atom stereocenters. The molecule has 0 bridgehead atoms. The lowest BCUT2D eigenvalue weighted by atomic mass is 10.1. The van der Waals surface area contributed by atoms with Gasteiger partial charge in [0.15, 0.2) is 0 Å². The summed E-state index contributed by atoms with van der Waals surface area (Å²) in [7, 11) is 0. The van der Waals surface area contributed by atoms with Crippen molar-refractivity contribution in [1.29, 1.82) is 0 Å². The number of para-hydroxylation sites is 1. The van der Waals surface area contributed by atoms with Crippen LogP contribution in [0.5, 0.6) is 0 Å². The molecule has 0 aliphatic rings. The maximum atomic E-state index is 12.2. The van der Waals surface area contributed by atoms with Gasteiger partial charge in [0.1, 0.15) is 11.3 Å². The van der Waals surface area contributed by atoms with E-state index in [0.29, 0.717) is 6.54 Å². The number of amides is 1. The summed E-state index contributed by atoms with van der Waals surface area (Å²) < 4.78 is 0. The van der Waals surface area contributed by atoms with E-state index in [-0.39, 0.29) is 16.9 Å². The molecule has 110 valence electrons. The van der Waals surface area contributed by atoms with Crippen molar-refractivity contribution in [2.75, 3.05) is 5.73 Å². The Morgan fingerprint density at radius 3 is 2.86 bits per heavy atom. The molecule has 0 unspecified atom stereocenters. The Hall–Kier alpha value is -2.41. The number of benzene rings is 1. The third kappa shape index (κ3) is 3.19. The van der Waals surface area contributed by atoms with Gasteiger partial charge in [0, 0.05) is 4.88 Å². The standard InChI is InChI=1S/C14H15N3O3S/c1-2-9-6-7-21-12(9)8-16-14(18)10-4-3-5-11(15)13(10)17(19)20/h3-7H,2,8,15H2,1H3,(H,16,18). The summed E-state index contributed by atoms with van der Waals surface area (Å²) in [5, 5.41) is 15.7. The van der Waals surface area contributed by atoms with Gasteiger partial charge in [0.2, 0.25) is 0 Å². The van der Waals surface area contributed by atoms with E-state index < -0.39 is 10.8 Å². The monoisotopic (exact) mass is 305 g/mol. The van der Waals surface area contributed by atoms with Crippen LogP contribution < -0.4 is 11.1 Å². The first-order chi connectivity index (χ1) is 10.0. The molecule has 0 aliphatic carbocycles. The number of anilines is 1. The van der Waals surface area contributed by atoms with Crippen LogP contribution in [0.2, 0.25) is 0 Å². The van der Waals surface area contributed by atoms with E-state index in [1.807, 2.05) is 18.4 Å². The number of aryl methyl sites for hydroxylation is 1. The minimum atomic E-state index is -0.632. The van der Waals surface area contributed by atoms with Crippen LogP contribution in [-0.2, 0) is 13.0 Å². The fraction of sp³-hybridized carbons (Fsp3) is 0.214. The summed E-state index contributed by atoms with van der Waals surface area (Å²) in [6, 6.07) is 6.34. The number of carbonyl (C=O) groups excluding carboxylic acids is 1. The van der Waals surface area contributed by atoms with Crippen LogP contribution in [-0.4, -0.2) is 10.8 Å². The summed E-state index contributed by atoms with van der Waals surface area (Å²) >= 11 is 1.55. The maximum Gasteiger partial charge on any atom is 0.304 e. The van der Waals surface area contributed by atoms with Crippen LogP contribution in [0.1, 0.15) is 27.7 Å². The fourth-order valence-corrected chi connectivity index (χ4v) is 2.96. The maximum absolute atomic E-state index is 12.2. The van der Waals surface area contributed by atoms with Gasteiger partial charge in [0.25, 0.3) is 5.91 Å². The van der Waals surface area contributed by atoms with Gasteiger partial charge in [-0.3, -0.25) is 14.9 Å². The van der Waals surface area contributed by atoms with E-state index in [2.05, 4.69) is 5.32 Å². The second-order valence-corrected chi connectivity index (χ2v) is 5.41. The Kier molecular flexibility index (Phi) is 4.54. The quantitative estimate of drug-likeness (QED) is 0.504. The molecule has 1 aromatic carbocycles. The van der Waals surface area contributed by atoms with Gasteiger partial charge in [-0.1, -0.05) is 13.0 Å². The third-order valence-electron chi connectivity index (χ3n) is 3.12. The van der Waals surface area contributed by atoms with Crippen molar-refractivity contribution >= 4 is 28.6 Å². The lowest BCUT2D eigenvalue weighted by Gasteiger charge is -2.07. The van der Waals surface area contributed by atoms with Crippen LogP contribution in [0, 0.1) is 10.1 Å². The van der Waals surface area contributed by atoms with Gasteiger partial charge in [-0.05, 0) is 35.6 Å². The number of nitro benzene ring substituents is 1. The van der Waals surface area contributed by atoms with E-state index in [1.54, 1.807) is 11.3 Å². The average molecular weight is 305 g/mol. The predicted molar refractivity (Wildman–Crippen MR) is 82.4 cm³/mol. The predicted octanol–water partition coefficient (Wildman–Crippen LogP) is 2.73. The van der Waals surface area contributed by atoms with Gasteiger partial charge in [-0.2, -0.15) is 0 Å². The zero-order chi connectivity index (χ0) is 15.4. The SMILES string of the molecule is CCc1ccsc1CNC(=O)c1cccc(N)c1[N+](=O)[O-]. The normalized spacial score (nSPS) is 10.3. The lowest BCUT2D eigenvalue weighted by molar-refractivity contribution is -0.384. The van der Waals surface area contributed by atoms with Crippen molar-refractivity contribution < 1.29 is 9.72 Å². The second kappa shape index (κ2) is 6.36. The van der Waals surface area contributed by atoms with E-state index in [0.717, 1.165) is 11.3 Å². The molecule has 0 saturated heterocycles. The van der Waals surface area contributed by atoms with Crippen molar-refractivity contribution in [3.63, 3.8) is 0 Å². The number of thiophene rings is 1. The van der Waals surface area contributed by atoms with Gasteiger partial charge < -0.3 is 11.1 Å². The number of hydrogen-bond acceptors (Lipinski definition) is 5. The molecular weight excluding hydrogens is 290 g/mol. The third-order valence-corrected chi connectivity index (χ3v) is 4.09. The van der Waals surface area contributed by atoms with E-state index in [1.165, 1.54) is 23.8 Å². The molecule has 0 aliphatic heterocycles. The molecule has 1 amide bonds. The van der Waals surface area contributed by atoms with Gasteiger partial charge in [-0.25, -0.2) is 0 Å². The molecule has 2 rings (SSSR count). The van der Waals surface area contributed by atoms with Crippen LogP contribution >= 0.6 is 11.3 Å². The average Bonchev–Trinajstić information content (AvgIpc) is 2.91. The number of hydrogen-bond donors (Lipinski definition) is 2. The fourth-order valence-electron chi connectivity index (χ4n) is 2.04. The minimum Gasteiger partial charge on any atom is -0.393 e. The van der Waals surface area contributed by atoms with Crippen molar-refractivity contribution in [2.24, 2.45) is 0 Å². The molecule has 0 saturated carbocycles. The van der Waals surface area contributed by atoms with Crippen LogP contribution in [0.4, 0.5) is 11.4 Å². The smallest absolute Gasteiger partial charge is 0.304 e. The van der Waals surface area contributed by atoms with Gasteiger partial charge in [-0.15, -0.1) is 11.3 Å². The molecule has 0 spiro atoms. The lowest BCUT2D eigenvalue weighted by Crippen LogP contribution is -2.24. The molecule has 7 heteroatoms. The topological polar surface area (TPSA) is 98.3 Å². The Balaban J connectivity index is 2.18. The van der Waals surface area contributed by atoms with Crippen molar-refractivity contribution in [3.8, 4) is 0 Å². The van der Waals surface area contributed by atoms with Crippen molar-refractivity contribution in [3.05, 3.63) is 55.8 Å². The first-order valence-electron chi connectivity index (χ1n) is 6.41. The zero-order valence-electron chi connectivity index (χ0n) is 11.5. The minimum absolute atomic E-state index is 0.0157. The Morgan fingerprint density at radius 2 is 2.19 bits per heavy atom. The largest absolute Gasteiger partial charge is 0.393 e. The first kappa shape index (κ1) is 15.0. The highest BCUT2D eigenvalue weighted by Gasteiger charge is 2.23. The number of nitro groups is 1. The molecule has 1 aromatic heterocycles. The number of nitrogen functional groups attached to an aromatic ring is 1. The van der Waals surface area contributed by atoms with Crippen molar-refractivity contribution in [2.45, 2.75) is 19.9 Å². The summed E-state index contributed by atoms with van der Waals surface area (Å²) in [5.74, 6) is -0.496. The number of nitrogens with one attached hydrogen (secondary N) is 1. The number of carbonyl (C=O) groups is 1. The molecule has 21 heavy (non-hydrogen) atoms. The Morgan fingerprint density at radius 1 is 1.43 bits per heavy atom. The van der Waals surface area contributed by atoms with E-state index in [9.17, 15) is 14.9 Å². The molecule has 6 nitrogen and oxygen atoms in total. The molecule has 0 fully saturated rings. The van der Waals surface area contributed by atoms with E-state index >= 15 is 0 Å². The Labute approximate surface area is 125 Å². The highest BCUT2D eigenvalue weighted by Crippen LogP contribution is 2.26. The first-order valence-corrected chi connectivity index (χ1v) is 7.28. The van der Waals surface area contributed by atoms with Crippen LogP contribution in [0.15, 0.2) is 29.6 Å². The van der Waals surface area contributed by atoms with Crippen molar-refractivity contribution in [1.82, 2.24) is 5.32 Å². The summed E-state index contributed by atoms with van der Waals surface area (Å²) in [6.45, 7) is 2.39. The summed E-state index contributed by atoms with van der Waals surface area (Å²) in [5.41, 5.74) is 6.36. The highest BCUT2D eigenvalue weighted by molar-refractivity contribution is 7.10. The Bertz CT molecular complexity index is 682. The summed E-state index contributed by atoms with van der Waals surface area (Å²) in [6.07, 6.45) is 0.882. The molecule has 2 aromatic rings. The molecule has 3 N–H and O–H groups in total. The van der Waals surface area contributed by atoms with Gasteiger partial charge in [0.05, 0.1) is 11.5 Å². The number of nitrogens with zero attached hydrogens (tertiary/aromatic N) is 1. The summed E-state index contributed by atoms with van der Waals surface area (Å²) in [4.78, 5) is 23.6. The molecular formula is C14H15N3O3S. The highest BCUT2D eigenvalue weighted by atomic mass is 32.1. The van der Waals surface area contributed by atoms with E-state index in [4.69, 9.17) is 5.73 Å². The number of rotatable bonds is 5.